The van der Waals surface area contributed by atoms with Crippen molar-refractivity contribution in [2.75, 3.05) is 0 Å². The summed E-state index contributed by atoms with van der Waals surface area (Å²) in [6.07, 6.45) is 0. The molecule has 1 atom stereocenters. The van der Waals surface area contributed by atoms with Crippen LogP contribution >= 0.6 is 0 Å². The van der Waals surface area contributed by atoms with Crippen molar-refractivity contribution < 1.29 is 8.73 Å². The molecule has 0 saturated carbocycles. The molecule has 3 rings (SSSR count). The van der Waals surface area contributed by atoms with Crippen molar-refractivity contribution >= 4 is 10.8 Å². The summed E-state index contributed by atoms with van der Waals surface area (Å²) in [7, 11) is -1.16. The number of para-hydroxylation sites is 1. The van der Waals surface area contributed by atoms with E-state index in [1.165, 1.54) is 0 Å². The Labute approximate surface area is 142 Å². The lowest BCUT2D eigenvalue weighted by atomic mass is 10.1. The lowest BCUT2D eigenvalue weighted by Gasteiger charge is -2.10. The van der Waals surface area contributed by atoms with Crippen LogP contribution in [-0.2, 0) is 22.3 Å². The Hall–Kier alpha value is -2.35. The summed E-state index contributed by atoms with van der Waals surface area (Å²) in [5, 5.41) is 15.8. The van der Waals surface area contributed by atoms with Crippen LogP contribution in [0.25, 0.3) is 5.69 Å². The predicted molar refractivity (Wildman–Crippen MR) is 90.2 cm³/mol. The predicted octanol–water partition coefficient (Wildman–Crippen LogP) is 2.33. The quantitative estimate of drug-likeness (QED) is 0.705. The zero-order valence-corrected chi connectivity index (χ0v) is 14.9. The standard InChI is InChI=1S/C16H19N5O2S/c1-10-6-5-7-11(2)16(10)21-15(17-19-20-21)9-24(22)8-14-12(3)18-23-13(14)4/h5-7H,8-9H2,1-4H3. The molecule has 0 fully saturated rings. The third-order valence-corrected chi connectivity index (χ3v) is 5.15. The fourth-order valence-electron chi connectivity index (χ4n) is 2.67. The molecule has 1 aromatic carbocycles. The maximum Gasteiger partial charge on any atom is 0.169 e. The summed E-state index contributed by atoms with van der Waals surface area (Å²) in [6.45, 7) is 7.69. The second-order valence-corrected chi connectivity index (χ2v) is 7.24. The van der Waals surface area contributed by atoms with Gasteiger partial charge in [0.25, 0.3) is 0 Å². The molecule has 2 heterocycles. The Bertz CT molecular complexity index is 860. The van der Waals surface area contributed by atoms with E-state index in [1.807, 2.05) is 45.9 Å². The van der Waals surface area contributed by atoms with Gasteiger partial charge in [0, 0.05) is 16.4 Å². The molecule has 1 unspecified atom stereocenters. The van der Waals surface area contributed by atoms with Crippen molar-refractivity contribution in [3.63, 3.8) is 0 Å². The maximum atomic E-state index is 12.6. The number of benzene rings is 1. The van der Waals surface area contributed by atoms with Crippen molar-refractivity contribution in [2.24, 2.45) is 0 Å². The number of hydrogen-bond acceptors (Lipinski definition) is 6. The first-order valence-electron chi connectivity index (χ1n) is 7.58. The van der Waals surface area contributed by atoms with Crippen LogP contribution in [0.15, 0.2) is 22.7 Å². The fraction of sp³-hybridized carbons (Fsp3) is 0.375. The van der Waals surface area contributed by atoms with Crippen LogP contribution in [0.4, 0.5) is 0 Å². The lowest BCUT2D eigenvalue weighted by molar-refractivity contribution is 0.392. The zero-order chi connectivity index (χ0) is 17.3. The third-order valence-electron chi connectivity index (χ3n) is 3.96. The topological polar surface area (TPSA) is 86.7 Å². The average molecular weight is 345 g/mol. The van der Waals surface area contributed by atoms with Crippen LogP contribution in [0.5, 0.6) is 0 Å². The molecular weight excluding hydrogens is 326 g/mol. The summed E-state index contributed by atoms with van der Waals surface area (Å²) in [5.41, 5.74) is 4.74. The maximum absolute atomic E-state index is 12.6. The smallest absolute Gasteiger partial charge is 0.169 e. The van der Waals surface area contributed by atoms with Crippen molar-refractivity contribution in [3.05, 3.63) is 52.2 Å². The first-order chi connectivity index (χ1) is 11.5. The highest BCUT2D eigenvalue weighted by Gasteiger charge is 2.18. The summed E-state index contributed by atoms with van der Waals surface area (Å²) in [5.74, 6) is 1.93. The number of aryl methyl sites for hydroxylation is 4. The van der Waals surface area contributed by atoms with E-state index in [0.29, 0.717) is 17.3 Å². The highest BCUT2D eigenvalue weighted by atomic mass is 32.2. The summed E-state index contributed by atoms with van der Waals surface area (Å²) in [4.78, 5) is 0. The minimum atomic E-state index is -1.16. The monoisotopic (exact) mass is 345 g/mol. The highest BCUT2D eigenvalue weighted by Crippen LogP contribution is 2.20. The molecule has 2 aromatic heterocycles. The van der Waals surface area contributed by atoms with Crippen LogP contribution in [-0.4, -0.2) is 29.6 Å². The average Bonchev–Trinajstić information content (AvgIpc) is 3.09. The first kappa shape index (κ1) is 16.5. The molecule has 126 valence electrons. The summed E-state index contributed by atoms with van der Waals surface area (Å²) < 4.78 is 19.4. The molecule has 0 aliphatic heterocycles. The molecule has 0 amide bonds. The Kier molecular flexibility index (Phi) is 4.57. The van der Waals surface area contributed by atoms with Gasteiger partial charge in [0.2, 0.25) is 0 Å². The number of rotatable bonds is 5. The van der Waals surface area contributed by atoms with Crippen LogP contribution in [0, 0.1) is 27.7 Å². The van der Waals surface area contributed by atoms with Crippen LogP contribution in [0.3, 0.4) is 0 Å². The van der Waals surface area contributed by atoms with E-state index in [-0.39, 0.29) is 5.75 Å². The van der Waals surface area contributed by atoms with Gasteiger partial charge in [-0.1, -0.05) is 23.4 Å². The largest absolute Gasteiger partial charge is 0.361 e. The molecule has 8 heteroatoms. The van der Waals surface area contributed by atoms with Gasteiger partial charge < -0.3 is 4.52 Å². The minimum absolute atomic E-state index is 0.269. The van der Waals surface area contributed by atoms with Gasteiger partial charge in [-0.25, -0.2) is 0 Å². The van der Waals surface area contributed by atoms with Crippen LogP contribution in [0.1, 0.15) is 34.0 Å². The fourth-order valence-corrected chi connectivity index (χ4v) is 3.98. The molecule has 7 nitrogen and oxygen atoms in total. The highest BCUT2D eigenvalue weighted by molar-refractivity contribution is 7.83. The molecule has 3 aromatic rings. The Balaban J connectivity index is 1.85. The molecule has 24 heavy (non-hydrogen) atoms. The number of hydrogen-bond donors (Lipinski definition) is 0. The third kappa shape index (κ3) is 3.14. The molecule has 0 aliphatic rings. The Morgan fingerprint density at radius 3 is 2.46 bits per heavy atom. The van der Waals surface area contributed by atoms with E-state index in [9.17, 15) is 4.21 Å². The second kappa shape index (κ2) is 6.64. The SMILES string of the molecule is Cc1cccc(C)c1-n1nnnc1CS(=O)Cc1c(C)noc1C. The summed E-state index contributed by atoms with van der Waals surface area (Å²) in [6, 6.07) is 6.01. The Morgan fingerprint density at radius 2 is 1.83 bits per heavy atom. The molecule has 0 N–H and O–H groups in total. The molecule has 0 radical (unpaired) electrons. The van der Waals surface area contributed by atoms with Crippen LogP contribution < -0.4 is 0 Å². The van der Waals surface area contributed by atoms with E-state index in [2.05, 4.69) is 20.7 Å². The van der Waals surface area contributed by atoms with Crippen molar-refractivity contribution in [2.45, 2.75) is 39.2 Å². The van der Waals surface area contributed by atoms with Gasteiger partial charge >= 0.3 is 0 Å². The molecule has 0 bridgehead atoms. The molecule has 0 spiro atoms. The van der Waals surface area contributed by atoms with E-state index >= 15 is 0 Å². The van der Waals surface area contributed by atoms with Crippen molar-refractivity contribution in [1.82, 2.24) is 25.4 Å². The molecule has 0 saturated heterocycles. The summed E-state index contributed by atoms with van der Waals surface area (Å²) >= 11 is 0. The first-order valence-corrected chi connectivity index (χ1v) is 9.06. The Morgan fingerprint density at radius 1 is 1.12 bits per heavy atom. The zero-order valence-electron chi connectivity index (χ0n) is 14.1. The van der Waals surface area contributed by atoms with E-state index in [4.69, 9.17) is 4.52 Å². The second-order valence-electron chi connectivity index (χ2n) is 5.78. The lowest BCUT2D eigenvalue weighted by Crippen LogP contribution is -2.10. The number of nitrogens with zero attached hydrogens (tertiary/aromatic N) is 5. The van der Waals surface area contributed by atoms with E-state index in [1.54, 1.807) is 4.68 Å². The van der Waals surface area contributed by atoms with Crippen LogP contribution in [0.2, 0.25) is 0 Å². The van der Waals surface area contributed by atoms with Gasteiger partial charge in [-0.2, -0.15) is 4.68 Å². The van der Waals surface area contributed by atoms with Crippen molar-refractivity contribution in [1.29, 1.82) is 0 Å². The van der Waals surface area contributed by atoms with Gasteiger partial charge in [0.1, 0.15) is 5.76 Å². The van der Waals surface area contributed by atoms with E-state index < -0.39 is 10.8 Å². The van der Waals surface area contributed by atoms with Gasteiger partial charge in [0.15, 0.2) is 5.82 Å². The number of aromatic nitrogens is 5. The van der Waals surface area contributed by atoms with Gasteiger partial charge in [-0.3, -0.25) is 4.21 Å². The molecule has 0 aliphatic carbocycles. The van der Waals surface area contributed by atoms with Gasteiger partial charge in [0.05, 0.1) is 22.9 Å². The number of tetrazole rings is 1. The normalized spacial score (nSPS) is 12.5. The van der Waals surface area contributed by atoms with Gasteiger partial charge in [-0.15, -0.1) is 5.10 Å². The minimum Gasteiger partial charge on any atom is -0.361 e. The molecular formula is C16H19N5O2S. The van der Waals surface area contributed by atoms with E-state index in [0.717, 1.165) is 28.1 Å². The van der Waals surface area contributed by atoms with Crippen molar-refractivity contribution in [3.8, 4) is 5.69 Å². The van der Waals surface area contributed by atoms with Gasteiger partial charge in [-0.05, 0) is 49.2 Å².